The molecule has 0 saturated heterocycles. The molecule has 0 bridgehead atoms. The lowest BCUT2D eigenvalue weighted by atomic mass is 9.85. The van der Waals surface area contributed by atoms with Crippen molar-refractivity contribution in [2.45, 2.75) is 0 Å². The van der Waals surface area contributed by atoms with Gasteiger partial charge in [0.2, 0.25) is 0 Å². The molecule has 0 fully saturated rings. The standard InChI is InChI=1S/C104H58O4/c1-2-22-62(23-3-1)95-77-36-16-32-73(89-55-65-24-6-9-27-69(65)99-81-28-10-12-42-91(81)105-103(89)99)87(77)58-88-74(33-17-37-78(88)95)90-56-66-54-64(48-51-70(66)100-82-29-11-13-43-92(82)106-104(90)100)59-44-46-63(47-45-59)96-75-34-14-30-71(79-38-18-40-83-97-67-25-7-4-20-60(67)49-52-93(97)107-101(79)83)85(75)57-86-72(31-15-35-76(86)96)80-39-19-41-84-98-68-26-8-5-21-61(68)50-53-94(98)108-102(80)84/h1-58H. The molecular formula is C104H58O4. The van der Waals surface area contributed by atoms with Crippen molar-refractivity contribution >= 4 is 174 Å². The highest BCUT2D eigenvalue weighted by Gasteiger charge is 2.26. The molecule has 4 heteroatoms. The monoisotopic (exact) mass is 1370 g/mol. The number of furan rings is 4. The molecule has 0 atom stereocenters. The Balaban J connectivity index is 0.703. The van der Waals surface area contributed by atoms with E-state index in [9.17, 15) is 0 Å². The van der Waals surface area contributed by atoms with Crippen LogP contribution >= 0.6 is 0 Å². The summed E-state index contributed by atoms with van der Waals surface area (Å²) in [5.74, 6) is 0. The van der Waals surface area contributed by atoms with Gasteiger partial charge >= 0.3 is 0 Å². The summed E-state index contributed by atoms with van der Waals surface area (Å²) in [4.78, 5) is 0. The maximum absolute atomic E-state index is 7.17. The van der Waals surface area contributed by atoms with Gasteiger partial charge in [0, 0.05) is 65.3 Å². The Labute approximate surface area is 617 Å². The zero-order chi connectivity index (χ0) is 70.4. The van der Waals surface area contributed by atoms with Crippen molar-refractivity contribution in [2.75, 3.05) is 0 Å². The van der Waals surface area contributed by atoms with E-state index in [1.54, 1.807) is 0 Å². The van der Waals surface area contributed by atoms with E-state index in [-0.39, 0.29) is 0 Å². The van der Waals surface area contributed by atoms with Gasteiger partial charge in [0.15, 0.2) is 0 Å². The lowest BCUT2D eigenvalue weighted by Gasteiger charge is -2.18. The Morgan fingerprint density at radius 3 is 0.972 bits per heavy atom. The second-order valence-corrected chi connectivity index (χ2v) is 29.0. The molecule has 0 saturated carbocycles. The molecular weight excluding hydrogens is 1310 g/mol. The van der Waals surface area contributed by atoms with E-state index in [2.05, 4.69) is 352 Å². The minimum Gasteiger partial charge on any atom is -0.455 e. The highest BCUT2D eigenvalue weighted by molar-refractivity contribution is 6.30. The lowest BCUT2D eigenvalue weighted by molar-refractivity contribution is 0.670. The van der Waals surface area contributed by atoms with Crippen LogP contribution in [0, 0.1) is 0 Å². The second-order valence-electron chi connectivity index (χ2n) is 29.0. The predicted molar refractivity (Wildman–Crippen MR) is 454 cm³/mol. The maximum atomic E-state index is 7.17. The van der Waals surface area contributed by atoms with Crippen LogP contribution in [0.15, 0.2) is 370 Å². The van der Waals surface area contributed by atoms with Crippen LogP contribution in [0.4, 0.5) is 0 Å². The van der Waals surface area contributed by atoms with Gasteiger partial charge in [-0.25, -0.2) is 0 Å². The molecule has 0 spiro atoms. The molecule has 0 radical (unpaired) electrons. The lowest BCUT2D eigenvalue weighted by Crippen LogP contribution is -1.92. The molecule has 0 aliphatic heterocycles. The molecule has 0 N–H and O–H groups in total. The number of para-hydroxylation sites is 4. The number of benzene rings is 20. The van der Waals surface area contributed by atoms with Gasteiger partial charge in [-0.1, -0.05) is 297 Å². The molecule has 24 rings (SSSR count). The number of rotatable bonds is 7. The molecule has 108 heavy (non-hydrogen) atoms. The van der Waals surface area contributed by atoms with Crippen LogP contribution < -0.4 is 0 Å². The molecule has 0 unspecified atom stereocenters. The van der Waals surface area contributed by atoms with Gasteiger partial charge in [-0.2, -0.15) is 0 Å². The maximum Gasteiger partial charge on any atom is 0.143 e. The third kappa shape index (κ3) is 8.51. The van der Waals surface area contributed by atoms with Crippen molar-refractivity contribution in [3.63, 3.8) is 0 Å². The van der Waals surface area contributed by atoms with E-state index < -0.39 is 0 Å². The smallest absolute Gasteiger partial charge is 0.143 e. The van der Waals surface area contributed by atoms with Crippen LogP contribution in [-0.4, -0.2) is 0 Å². The van der Waals surface area contributed by atoms with Gasteiger partial charge in [-0.05, 0) is 196 Å². The third-order valence-electron chi connectivity index (χ3n) is 23.4. The minimum atomic E-state index is 0.853. The van der Waals surface area contributed by atoms with Crippen molar-refractivity contribution in [3.05, 3.63) is 352 Å². The van der Waals surface area contributed by atoms with E-state index in [0.717, 1.165) is 209 Å². The number of hydrogen-bond acceptors (Lipinski definition) is 4. The average Bonchev–Trinajstić information content (AvgIpc) is 1.19. The summed E-state index contributed by atoms with van der Waals surface area (Å²) in [6.45, 7) is 0. The topological polar surface area (TPSA) is 52.6 Å². The van der Waals surface area contributed by atoms with Crippen LogP contribution in [0.3, 0.4) is 0 Å². The zero-order valence-corrected chi connectivity index (χ0v) is 58.1. The quantitative estimate of drug-likeness (QED) is 0.149. The minimum absolute atomic E-state index is 0.853. The summed E-state index contributed by atoms with van der Waals surface area (Å²) in [6, 6.07) is 129. The Kier molecular flexibility index (Phi) is 12.4. The first-order valence-electron chi connectivity index (χ1n) is 37.1. The highest BCUT2D eigenvalue weighted by Crippen LogP contribution is 2.52. The molecule has 0 amide bonds. The van der Waals surface area contributed by atoms with Gasteiger partial charge in [0.1, 0.15) is 44.7 Å². The van der Waals surface area contributed by atoms with Crippen LogP contribution in [-0.2, 0) is 0 Å². The van der Waals surface area contributed by atoms with E-state index >= 15 is 0 Å². The zero-order valence-electron chi connectivity index (χ0n) is 58.1. The van der Waals surface area contributed by atoms with Gasteiger partial charge < -0.3 is 17.7 Å². The van der Waals surface area contributed by atoms with Gasteiger partial charge in [0.05, 0.1) is 0 Å². The first kappa shape index (κ1) is 59.1. The Morgan fingerprint density at radius 2 is 0.481 bits per heavy atom. The summed E-state index contributed by atoms with van der Waals surface area (Å²) in [6.07, 6.45) is 0. The van der Waals surface area contributed by atoms with Crippen molar-refractivity contribution < 1.29 is 17.7 Å². The number of hydrogen-bond donors (Lipinski definition) is 0. The Morgan fingerprint density at radius 1 is 0.139 bits per heavy atom. The molecule has 498 valence electrons. The van der Waals surface area contributed by atoms with E-state index in [0.29, 0.717) is 0 Å². The SMILES string of the molecule is c1ccc(-c2c3cccc(-c4cc5ccccc5c5c4oc4ccccc45)c3cc3c(-c4cc5cc(-c6ccc(-c7c8cccc(-c9cccc%10c9oc9ccc%11ccccc%11c9%10)c8cc8c(-c9cccc%10c9oc9ccc%11ccccc%11c9%10)cccc78)cc6)ccc5c5c4oc4ccccc45)cccc23)cc1. The molecule has 0 aliphatic rings. The first-order valence-corrected chi connectivity index (χ1v) is 37.1. The molecule has 4 heterocycles. The molecule has 24 aromatic rings. The summed E-state index contributed by atoms with van der Waals surface area (Å²) in [5, 5.41) is 27.4. The van der Waals surface area contributed by atoms with E-state index in [1.807, 2.05) is 0 Å². The van der Waals surface area contributed by atoms with Gasteiger partial charge in [0.25, 0.3) is 0 Å². The van der Waals surface area contributed by atoms with Crippen LogP contribution in [0.5, 0.6) is 0 Å². The molecule has 20 aromatic carbocycles. The Hall–Kier alpha value is -14.3. The summed E-state index contributed by atoms with van der Waals surface area (Å²) in [7, 11) is 0. The molecule has 0 aliphatic carbocycles. The van der Waals surface area contributed by atoms with Crippen LogP contribution in [0.25, 0.3) is 252 Å². The summed E-state index contributed by atoms with van der Waals surface area (Å²) >= 11 is 0. The van der Waals surface area contributed by atoms with Gasteiger partial charge in [-0.3, -0.25) is 0 Å². The first-order chi connectivity index (χ1) is 53.6. The third-order valence-corrected chi connectivity index (χ3v) is 23.4. The number of fused-ring (bicyclic) bond motifs is 24. The summed E-state index contributed by atoms with van der Waals surface area (Å²) in [5.41, 5.74) is 22.4. The molecule has 4 aromatic heterocycles. The average molecular weight is 1370 g/mol. The predicted octanol–water partition coefficient (Wildman–Crippen LogP) is 30.2. The highest BCUT2D eigenvalue weighted by atomic mass is 16.3. The van der Waals surface area contributed by atoms with Crippen LogP contribution in [0.2, 0.25) is 0 Å². The second kappa shape index (κ2) is 22.6. The summed E-state index contributed by atoms with van der Waals surface area (Å²) < 4.78 is 28.2. The van der Waals surface area contributed by atoms with E-state index in [4.69, 9.17) is 17.7 Å². The largest absolute Gasteiger partial charge is 0.455 e. The van der Waals surface area contributed by atoms with Crippen molar-refractivity contribution in [1.29, 1.82) is 0 Å². The van der Waals surface area contributed by atoms with Crippen molar-refractivity contribution in [1.82, 2.24) is 0 Å². The van der Waals surface area contributed by atoms with Crippen molar-refractivity contribution in [2.24, 2.45) is 0 Å². The Bertz CT molecular complexity index is 7830. The normalized spacial score (nSPS) is 12.3. The van der Waals surface area contributed by atoms with Crippen LogP contribution in [0.1, 0.15) is 0 Å². The van der Waals surface area contributed by atoms with Crippen molar-refractivity contribution in [3.8, 4) is 77.9 Å². The fourth-order valence-electron chi connectivity index (χ4n) is 18.7. The fourth-order valence-corrected chi connectivity index (χ4v) is 18.7. The van der Waals surface area contributed by atoms with Gasteiger partial charge in [-0.15, -0.1) is 0 Å². The fraction of sp³-hybridized carbons (Fsp3) is 0. The molecule has 4 nitrogen and oxygen atoms in total. The van der Waals surface area contributed by atoms with E-state index in [1.165, 1.54) is 43.3 Å².